The summed E-state index contributed by atoms with van der Waals surface area (Å²) in [5, 5.41) is 0. The van der Waals surface area contributed by atoms with Crippen LogP contribution in [-0.4, -0.2) is 30.2 Å². The van der Waals surface area contributed by atoms with Crippen LogP contribution in [0.1, 0.15) is 23.5 Å². The van der Waals surface area contributed by atoms with Crippen molar-refractivity contribution in [2.45, 2.75) is 17.2 Å². The molecule has 1 fully saturated rings. The van der Waals surface area contributed by atoms with Crippen LogP contribution in [0.15, 0.2) is 65.6 Å². The highest BCUT2D eigenvalue weighted by atomic mass is 32.2. The Labute approximate surface area is 142 Å². The zero-order valence-electron chi connectivity index (χ0n) is 13.3. The molecule has 1 saturated heterocycles. The van der Waals surface area contributed by atoms with E-state index in [1.54, 1.807) is 17.8 Å². The van der Waals surface area contributed by atoms with Crippen molar-refractivity contribution in [2.24, 2.45) is 0 Å². The van der Waals surface area contributed by atoms with E-state index < -0.39 is 0 Å². The summed E-state index contributed by atoms with van der Waals surface area (Å²) in [5.41, 5.74) is 2.40. The van der Waals surface area contributed by atoms with Crippen molar-refractivity contribution in [2.75, 3.05) is 19.3 Å². The Morgan fingerprint density at radius 3 is 2.57 bits per heavy atom. The van der Waals surface area contributed by atoms with Crippen LogP contribution in [0.2, 0.25) is 0 Å². The second-order valence-corrected chi connectivity index (χ2v) is 6.67. The lowest BCUT2D eigenvalue weighted by atomic mass is 9.99. The number of hydrogen-bond acceptors (Lipinski definition) is 2. The van der Waals surface area contributed by atoms with E-state index in [1.807, 2.05) is 29.2 Å². The largest absolute Gasteiger partial charge is 0.339 e. The van der Waals surface area contributed by atoms with Gasteiger partial charge in [0.1, 0.15) is 0 Å². The third-order valence-electron chi connectivity index (χ3n) is 4.31. The summed E-state index contributed by atoms with van der Waals surface area (Å²) in [6, 6.07) is 18.7. The highest BCUT2D eigenvalue weighted by molar-refractivity contribution is 7.98. The summed E-state index contributed by atoms with van der Waals surface area (Å²) in [6.07, 6.45) is 6.71. The molecule has 1 amide bonds. The van der Waals surface area contributed by atoms with Crippen molar-refractivity contribution in [3.8, 4) is 0 Å². The van der Waals surface area contributed by atoms with Crippen LogP contribution in [0.4, 0.5) is 0 Å². The zero-order valence-corrected chi connectivity index (χ0v) is 14.1. The Bertz CT molecular complexity index is 679. The van der Waals surface area contributed by atoms with Crippen LogP contribution in [0.3, 0.4) is 0 Å². The first kappa shape index (κ1) is 15.9. The molecule has 2 aromatic carbocycles. The lowest BCUT2D eigenvalue weighted by Crippen LogP contribution is -2.26. The van der Waals surface area contributed by atoms with Crippen LogP contribution >= 0.6 is 11.8 Å². The van der Waals surface area contributed by atoms with Gasteiger partial charge in [0.2, 0.25) is 5.91 Å². The Balaban J connectivity index is 1.59. The normalized spacial score (nSPS) is 17.8. The summed E-state index contributed by atoms with van der Waals surface area (Å²) in [6.45, 7) is 1.66. The van der Waals surface area contributed by atoms with Crippen molar-refractivity contribution in [1.82, 2.24) is 4.90 Å². The average molecular weight is 323 g/mol. The summed E-state index contributed by atoms with van der Waals surface area (Å²) in [4.78, 5) is 15.5. The van der Waals surface area contributed by atoms with E-state index in [0.29, 0.717) is 5.92 Å². The fourth-order valence-electron chi connectivity index (χ4n) is 2.95. The van der Waals surface area contributed by atoms with E-state index in [2.05, 4.69) is 42.7 Å². The molecule has 3 heteroatoms. The molecule has 3 rings (SSSR count). The predicted molar refractivity (Wildman–Crippen MR) is 97.6 cm³/mol. The van der Waals surface area contributed by atoms with Gasteiger partial charge in [-0.25, -0.2) is 0 Å². The van der Waals surface area contributed by atoms with Crippen LogP contribution < -0.4 is 0 Å². The standard InChI is InChI=1S/C20H21NOS/c1-23-19-10-7-16(8-11-19)9-12-20(22)21-14-13-18(15-21)17-5-3-2-4-6-17/h2-12,18H,13-15H2,1H3/b12-9+. The first-order valence-corrected chi connectivity index (χ1v) is 9.15. The second-order valence-electron chi connectivity index (χ2n) is 5.79. The Morgan fingerprint density at radius 1 is 1.13 bits per heavy atom. The highest BCUT2D eigenvalue weighted by Crippen LogP contribution is 2.27. The highest BCUT2D eigenvalue weighted by Gasteiger charge is 2.25. The van der Waals surface area contributed by atoms with Gasteiger partial charge in [0, 0.05) is 30.0 Å². The monoisotopic (exact) mass is 323 g/mol. The maximum atomic E-state index is 12.4. The van der Waals surface area contributed by atoms with E-state index in [1.165, 1.54) is 10.5 Å². The first-order chi connectivity index (χ1) is 11.3. The molecule has 1 heterocycles. The van der Waals surface area contributed by atoms with Crippen molar-refractivity contribution < 1.29 is 4.79 Å². The van der Waals surface area contributed by atoms with Gasteiger partial charge in [0.25, 0.3) is 0 Å². The molecule has 0 aromatic heterocycles. The van der Waals surface area contributed by atoms with Gasteiger partial charge in [-0.1, -0.05) is 42.5 Å². The van der Waals surface area contributed by atoms with Gasteiger partial charge < -0.3 is 4.90 Å². The van der Waals surface area contributed by atoms with E-state index in [-0.39, 0.29) is 5.91 Å². The number of nitrogens with zero attached hydrogens (tertiary/aromatic N) is 1. The molecule has 0 aliphatic carbocycles. The summed E-state index contributed by atoms with van der Waals surface area (Å²) in [5.74, 6) is 0.576. The minimum atomic E-state index is 0.109. The van der Waals surface area contributed by atoms with Crippen LogP contribution in [0.25, 0.3) is 6.08 Å². The zero-order chi connectivity index (χ0) is 16.1. The molecule has 0 bridgehead atoms. The molecule has 0 saturated carbocycles. The molecular formula is C20H21NOS. The smallest absolute Gasteiger partial charge is 0.246 e. The van der Waals surface area contributed by atoms with Gasteiger partial charge in [-0.3, -0.25) is 4.79 Å². The Morgan fingerprint density at radius 2 is 1.87 bits per heavy atom. The number of rotatable bonds is 4. The fraction of sp³-hybridized carbons (Fsp3) is 0.250. The van der Waals surface area contributed by atoms with Crippen molar-refractivity contribution in [3.05, 3.63) is 71.8 Å². The average Bonchev–Trinajstić information content (AvgIpc) is 3.11. The third-order valence-corrected chi connectivity index (χ3v) is 5.05. The summed E-state index contributed by atoms with van der Waals surface area (Å²) < 4.78 is 0. The molecule has 2 aromatic rings. The van der Waals surface area contributed by atoms with Gasteiger partial charge in [-0.15, -0.1) is 11.8 Å². The summed E-state index contributed by atoms with van der Waals surface area (Å²) >= 11 is 1.72. The van der Waals surface area contributed by atoms with E-state index in [0.717, 1.165) is 25.1 Å². The van der Waals surface area contributed by atoms with Crippen molar-refractivity contribution >= 4 is 23.7 Å². The summed E-state index contributed by atoms with van der Waals surface area (Å²) in [7, 11) is 0. The molecule has 0 radical (unpaired) electrons. The molecule has 1 atom stereocenters. The van der Waals surface area contributed by atoms with Crippen molar-refractivity contribution in [3.63, 3.8) is 0 Å². The van der Waals surface area contributed by atoms with Gasteiger partial charge in [0.15, 0.2) is 0 Å². The Kier molecular flexibility index (Phi) is 5.19. The van der Waals surface area contributed by atoms with E-state index in [9.17, 15) is 4.79 Å². The van der Waals surface area contributed by atoms with E-state index >= 15 is 0 Å². The molecule has 23 heavy (non-hydrogen) atoms. The van der Waals surface area contributed by atoms with Crippen LogP contribution in [0, 0.1) is 0 Å². The minimum Gasteiger partial charge on any atom is -0.339 e. The Hall–Kier alpha value is -2.00. The van der Waals surface area contributed by atoms with Crippen LogP contribution in [-0.2, 0) is 4.79 Å². The lowest BCUT2D eigenvalue weighted by molar-refractivity contribution is -0.124. The minimum absolute atomic E-state index is 0.109. The second kappa shape index (κ2) is 7.51. The number of likely N-dealkylation sites (tertiary alicyclic amines) is 1. The van der Waals surface area contributed by atoms with Gasteiger partial charge in [0.05, 0.1) is 0 Å². The lowest BCUT2D eigenvalue weighted by Gasteiger charge is -2.14. The van der Waals surface area contributed by atoms with Gasteiger partial charge >= 0.3 is 0 Å². The predicted octanol–water partition coefficient (Wildman–Crippen LogP) is 4.44. The number of carbonyl (C=O) groups is 1. The third kappa shape index (κ3) is 4.05. The topological polar surface area (TPSA) is 20.3 Å². The number of thioether (sulfide) groups is 1. The maximum Gasteiger partial charge on any atom is 0.246 e. The molecule has 2 nitrogen and oxygen atoms in total. The molecule has 0 N–H and O–H groups in total. The van der Waals surface area contributed by atoms with Gasteiger partial charge in [-0.05, 0) is 42.0 Å². The maximum absolute atomic E-state index is 12.4. The SMILES string of the molecule is CSc1ccc(/C=C/C(=O)N2CCC(c3ccccc3)C2)cc1. The van der Waals surface area contributed by atoms with Gasteiger partial charge in [-0.2, -0.15) is 0 Å². The molecule has 1 unspecified atom stereocenters. The number of hydrogen-bond donors (Lipinski definition) is 0. The number of benzene rings is 2. The molecule has 118 valence electrons. The molecular weight excluding hydrogens is 302 g/mol. The molecule has 1 aliphatic heterocycles. The number of carbonyl (C=O) groups excluding carboxylic acids is 1. The van der Waals surface area contributed by atoms with E-state index in [4.69, 9.17) is 0 Å². The van der Waals surface area contributed by atoms with Crippen molar-refractivity contribution in [1.29, 1.82) is 0 Å². The first-order valence-electron chi connectivity index (χ1n) is 7.92. The van der Waals surface area contributed by atoms with Crippen LogP contribution in [0.5, 0.6) is 0 Å². The molecule has 1 aliphatic rings. The molecule has 0 spiro atoms. The quantitative estimate of drug-likeness (QED) is 0.612. The number of amides is 1. The fourth-order valence-corrected chi connectivity index (χ4v) is 3.35.